The Labute approximate surface area is 124 Å². The van der Waals surface area contributed by atoms with Crippen LogP contribution in [0.4, 0.5) is 15.8 Å². The van der Waals surface area contributed by atoms with Crippen LogP contribution in [0.15, 0.2) is 40.9 Å². The number of thiocarbonyl (C=S) groups is 1. The highest BCUT2D eigenvalue weighted by Crippen LogP contribution is 2.29. The van der Waals surface area contributed by atoms with Crippen molar-refractivity contribution in [2.75, 3.05) is 5.32 Å². The van der Waals surface area contributed by atoms with E-state index in [1.54, 1.807) is 12.1 Å². The van der Waals surface area contributed by atoms with E-state index < -0.39 is 5.82 Å². The molecule has 2 aromatic carbocycles. The van der Waals surface area contributed by atoms with Crippen LogP contribution in [0.2, 0.25) is 0 Å². The van der Waals surface area contributed by atoms with Crippen LogP contribution in [0.5, 0.6) is 0 Å². The summed E-state index contributed by atoms with van der Waals surface area (Å²) >= 11 is 8.03. The smallest absolute Gasteiger partial charge is 0.161 e. The molecular weight excluding hydrogens is 327 g/mol. The van der Waals surface area contributed by atoms with E-state index in [0.29, 0.717) is 11.3 Å². The second-order valence-electron chi connectivity index (χ2n) is 4.14. The quantitative estimate of drug-likeness (QED) is 0.820. The van der Waals surface area contributed by atoms with E-state index >= 15 is 0 Å². The van der Waals surface area contributed by atoms with Crippen molar-refractivity contribution in [2.24, 2.45) is 5.73 Å². The van der Waals surface area contributed by atoms with Crippen molar-refractivity contribution in [1.82, 2.24) is 0 Å². The summed E-state index contributed by atoms with van der Waals surface area (Å²) < 4.78 is 14.4. The molecular formula is C14H12BrFN2S. The summed E-state index contributed by atoms with van der Waals surface area (Å²) in [6.07, 6.45) is 0. The van der Waals surface area contributed by atoms with E-state index in [1.165, 1.54) is 0 Å². The summed E-state index contributed by atoms with van der Waals surface area (Å²) in [5, 5.41) is 3.02. The Bertz CT molecular complexity index is 626. The minimum atomic E-state index is -0.411. The van der Waals surface area contributed by atoms with Gasteiger partial charge in [-0.05, 0) is 47.1 Å². The van der Waals surface area contributed by atoms with Crippen LogP contribution in [-0.2, 0) is 0 Å². The second-order valence-corrected chi connectivity index (χ2v) is 5.38. The van der Waals surface area contributed by atoms with E-state index in [9.17, 15) is 4.39 Å². The summed E-state index contributed by atoms with van der Waals surface area (Å²) in [7, 11) is 0. The number of anilines is 2. The van der Waals surface area contributed by atoms with Gasteiger partial charge in [-0.3, -0.25) is 0 Å². The van der Waals surface area contributed by atoms with Gasteiger partial charge in [-0.2, -0.15) is 0 Å². The average Bonchev–Trinajstić information content (AvgIpc) is 2.37. The Kier molecular flexibility index (Phi) is 4.17. The van der Waals surface area contributed by atoms with Crippen molar-refractivity contribution in [3.8, 4) is 0 Å². The number of nitrogens with one attached hydrogen (secondary N) is 1. The number of nitrogens with two attached hydrogens (primary N) is 1. The number of halogens is 2. The van der Waals surface area contributed by atoms with Crippen molar-refractivity contribution >= 4 is 44.5 Å². The first kappa shape index (κ1) is 14.0. The lowest BCUT2D eigenvalue weighted by atomic mass is 10.2. The summed E-state index contributed by atoms with van der Waals surface area (Å²) in [4.78, 5) is 0.160. The van der Waals surface area contributed by atoms with Gasteiger partial charge in [0.2, 0.25) is 0 Å². The Morgan fingerprint density at radius 2 is 1.84 bits per heavy atom. The van der Waals surface area contributed by atoms with Gasteiger partial charge in [0.05, 0.1) is 10.2 Å². The Morgan fingerprint density at radius 3 is 2.42 bits per heavy atom. The van der Waals surface area contributed by atoms with Gasteiger partial charge < -0.3 is 11.1 Å². The lowest BCUT2D eigenvalue weighted by Gasteiger charge is -2.11. The Morgan fingerprint density at radius 1 is 1.21 bits per heavy atom. The largest absolute Gasteiger partial charge is 0.389 e. The first-order chi connectivity index (χ1) is 8.99. The minimum absolute atomic E-state index is 0.160. The topological polar surface area (TPSA) is 38.0 Å². The van der Waals surface area contributed by atoms with Crippen LogP contribution in [0.25, 0.3) is 0 Å². The molecule has 0 spiro atoms. The molecule has 0 heterocycles. The predicted molar refractivity (Wildman–Crippen MR) is 84.4 cm³/mol. The molecule has 2 rings (SSSR count). The van der Waals surface area contributed by atoms with Gasteiger partial charge in [0.25, 0.3) is 0 Å². The first-order valence-corrected chi connectivity index (χ1v) is 6.80. The molecule has 19 heavy (non-hydrogen) atoms. The highest BCUT2D eigenvalue weighted by atomic mass is 79.9. The molecule has 0 aliphatic carbocycles. The van der Waals surface area contributed by atoms with E-state index in [1.807, 2.05) is 31.2 Å². The van der Waals surface area contributed by atoms with Crippen LogP contribution in [0.3, 0.4) is 0 Å². The number of benzene rings is 2. The van der Waals surface area contributed by atoms with Crippen LogP contribution < -0.4 is 11.1 Å². The molecule has 0 radical (unpaired) electrons. The summed E-state index contributed by atoms with van der Waals surface area (Å²) in [6.45, 7) is 2.00. The first-order valence-electron chi connectivity index (χ1n) is 5.60. The average molecular weight is 339 g/mol. The minimum Gasteiger partial charge on any atom is -0.389 e. The molecule has 3 N–H and O–H groups in total. The van der Waals surface area contributed by atoms with Crippen molar-refractivity contribution in [1.29, 1.82) is 0 Å². The van der Waals surface area contributed by atoms with Gasteiger partial charge >= 0.3 is 0 Å². The van der Waals surface area contributed by atoms with Crippen LogP contribution in [-0.4, -0.2) is 4.99 Å². The highest BCUT2D eigenvalue weighted by Gasteiger charge is 2.12. The third-order valence-electron chi connectivity index (χ3n) is 2.68. The number of aryl methyl sites for hydroxylation is 1. The molecule has 0 saturated heterocycles. The number of hydrogen-bond acceptors (Lipinski definition) is 2. The maximum atomic E-state index is 14.2. The monoisotopic (exact) mass is 338 g/mol. The summed E-state index contributed by atoms with van der Waals surface area (Å²) in [5.41, 5.74) is 8.34. The van der Waals surface area contributed by atoms with Crippen molar-refractivity contribution in [3.63, 3.8) is 0 Å². The molecule has 0 aliphatic rings. The fraction of sp³-hybridized carbons (Fsp3) is 0.0714. The zero-order chi connectivity index (χ0) is 14.0. The predicted octanol–water partition coefficient (Wildman–Crippen LogP) is 4.27. The molecule has 5 heteroatoms. The third-order valence-corrected chi connectivity index (χ3v) is 3.67. The molecule has 0 unspecified atom stereocenters. The van der Waals surface area contributed by atoms with Gasteiger partial charge in [0.15, 0.2) is 5.82 Å². The van der Waals surface area contributed by atoms with Crippen molar-refractivity contribution < 1.29 is 4.39 Å². The Hall–Kier alpha value is -1.46. The van der Waals surface area contributed by atoms with Crippen molar-refractivity contribution in [2.45, 2.75) is 6.92 Å². The van der Waals surface area contributed by atoms with E-state index in [2.05, 4.69) is 21.2 Å². The number of rotatable bonds is 3. The van der Waals surface area contributed by atoms with Gasteiger partial charge in [-0.15, -0.1) is 0 Å². The molecule has 0 aliphatic heterocycles. The standard InChI is InChI=1S/C14H12BrFN2S/c1-8-2-4-9(5-3-8)18-11-7-6-10(14(17)19)12(15)13(11)16/h2-7,18H,1H3,(H2,17,19). The molecule has 98 valence electrons. The van der Waals surface area contributed by atoms with E-state index in [4.69, 9.17) is 18.0 Å². The van der Waals surface area contributed by atoms with Gasteiger partial charge in [-0.1, -0.05) is 29.9 Å². The maximum absolute atomic E-state index is 14.2. The molecule has 0 amide bonds. The highest BCUT2D eigenvalue weighted by molar-refractivity contribution is 9.10. The normalized spacial score (nSPS) is 10.3. The number of hydrogen-bond donors (Lipinski definition) is 2. The van der Waals surface area contributed by atoms with E-state index in [0.717, 1.165) is 11.3 Å². The molecule has 0 aromatic heterocycles. The lowest BCUT2D eigenvalue weighted by molar-refractivity contribution is 0.625. The molecule has 0 fully saturated rings. The summed E-state index contributed by atoms with van der Waals surface area (Å²) in [5.74, 6) is -0.411. The third kappa shape index (κ3) is 3.11. The fourth-order valence-electron chi connectivity index (χ4n) is 1.63. The fourth-order valence-corrected chi connectivity index (χ4v) is 2.49. The summed E-state index contributed by atoms with van der Waals surface area (Å²) in [6, 6.07) is 11.0. The SMILES string of the molecule is Cc1ccc(Nc2ccc(C(N)=S)c(Br)c2F)cc1. The van der Waals surface area contributed by atoms with Crippen molar-refractivity contribution in [3.05, 3.63) is 57.8 Å². The zero-order valence-electron chi connectivity index (χ0n) is 10.2. The maximum Gasteiger partial charge on any atom is 0.161 e. The van der Waals surface area contributed by atoms with Gasteiger partial charge in [0, 0.05) is 11.3 Å². The van der Waals surface area contributed by atoms with Crippen LogP contribution in [0.1, 0.15) is 11.1 Å². The van der Waals surface area contributed by atoms with E-state index in [-0.39, 0.29) is 9.46 Å². The van der Waals surface area contributed by atoms with Crippen LogP contribution in [0, 0.1) is 12.7 Å². The molecule has 0 atom stereocenters. The molecule has 0 saturated carbocycles. The van der Waals surface area contributed by atoms with Gasteiger partial charge in [0.1, 0.15) is 4.99 Å². The van der Waals surface area contributed by atoms with Crippen LogP contribution >= 0.6 is 28.1 Å². The zero-order valence-corrected chi connectivity index (χ0v) is 12.6. The Balaban J connectivity index is 2.34. The lowest BCUT2D eigenvalue weighted by Crippen LogP contribution is -2.11. The molecule has 2 nitrogen and oxygen atoms in total. The molecule has 2 aromatic rings. The second kappa shape index (κ2) is 5.67. The van der Waals surface area contributed by atoms with Gasteiger partial charge in [-0.25, -0.2) is 4.39 Å². The molecule has 0 bridgehead atoms.